The predicted octanol–water partition coefficient (Wildman–Crippen LogP) is 3.84. The van der Waals surface area contributed by atoms with Crippen molar-refractivity contribution in [3.8, 4) is 5.75 Å². The Morgan fingerprint density at radius 1 is 1.26 bits per heavy atom. The average Bonchev–Trinajstić information content (AvgIpc) is 2.73. The topological polar surface area (TPSA) is 71.0 Å². The van der Waals surface area contributed by atoms with Crippen molar-refractivity contribution in [2.24, 2.45) is 0 Å². The number of aliphatic hydroxyl groups is 1. The van der Waals surface area contributed by atoms with Gasteiger partial charge >= 0.3 is 0 Å². The molecule has 0 bridgehead atoms. The molecule has 1 heterocycles. The second-order valence-electron chi connectivity index (χ2n) is 8.74. The van der Waals surface area contributed by atoms with Gasteiger partial charge in [-0.05, 0) is 40.8 Å². The van der Waals surface area contributed by atoms with Crippen molar-refractivity contribution in [2.75, 3.05) is 43.6 Å². The largest absolute Gasteiger partial charge is 0.484 e. The van der Waals surface area contributed by atoms with Crippen molar-refractivity contribution < 1.29 is 19.4 Å². The lowest BCUT2D eigenvalue weighted by Crippen LogP contribution is -2.43. The van der Waals surface area contributed by atoms with Gasteiger partial charge in [-0.2, -0.15) is 0 Å². The Kier molecular flexibility index (Phi) is 7.36. The lowest BCUT2D eigenvalue weighted by atomic mass is 9.87. The van der Waals surface area contributed by atoms with Gasteiger partial charge in [0.2, 0.25) is 5.91 Å². The molecule has 0 spiro atoms. The van der Waals surface area contributed by atoms with Crippen LogP contribution in [0.5, 0.6) is 5.75 Å². The van der Waals surface area contributed by atoms with Gasteiger partial charge in [0.15, 0.2) is 0 Å². The SMILES string of the molecule is COCC1CN(CCO)c2cc(NC(=O)/C=C/c3ccc(C(C)(C)C)cc3)ccc2O1. The number of rotatable bonds is 7. The number of nitrogens with one attached hydrogen (secondary N) is 1. The van der Waals surface area contributed by atoms with Gasteiger partial charge < -0.3 is 24.8 Å². The lowest BCUT2D eigenvalue weighted by molar-refractivity contribution is -0.111. The van der Waals surface area contributed by atoms with E-state index in [0.717, 1.165) is 11.3 Å². The van der Waals surface area contributed by atoms with Crippen LogP contribution in [0.1, 0.15) is 31.9 Å². The minimum absolute atomic E-state index is 0.0342. The first kappa shape index (κ1) is 22.8. The average molecular weight is 425 g/mol. The molecule has 2 aromatic carbocycles. The van der Waals surface area contributed by atoms with E-state index in [2.05, 4.69) is 38.2 Å². The number of benzene rings is 2. The number of nitrogens with zero attached hydrogens (tertiary/aromatic N) is 1. The summed E-state index contributed by atoms with van der Waals surface area (Å²) in [4.78, 5) is 14.5. The monoisotopic (exact) mass is 424 g/mol. The first-order chi connectivity index (χ1) is 14.8. The standard InChI is InChI=1S/C25H32N2O4/c1-25(2,3)19-8-5-18(6-9-19)7-12-24(29)26-20-10-11-23-22(15-20)27(13-14-28)16-21(31-23)17-30-4/h5-12,15,21,28H,13-14,16-17H2,1-4H3,(H,26,29)/b12-7+. The van der Waals surface area contributed by atoms with Crippen LogP contribution < -0.4 is 15.0 Å². The molecule has 0 radical (unpaired) electrons. The molecule has 0 saturated carbocycles. The summed E-state index contributed by atoms with van der Waals surface area (Å²) in [6, 6.07) is 13.7. The maximum absolute atomic E-state index is 12.4. The van der Waals surface area contributed by atoms with E-state index in [1.165, 1.54) is 11.6 Å². The zero-order chi connectivity index (χ0) is 22.4. The molecule has 3 rings (SSSR count). The highest BCUT2D eigenvalue weighted by Crippen LogP contribution is 2.35. The van der Waals surface area contributed by atoms with Crippen LogP contribution in [-0.4, -0.2) is 50.5 Å². The van der Waals surface area contributed by atoms with E-state index in [4.69, 9.17) is 9.47 Å². The number of amides is 1. The molecule has 0 aromatic heterocycles. The molecule has 6 nitrogen and oxygen atoms in total. The Bertz CT molecular complexity index is 916. The fourth-order valence-corrected chi connectivity index (χ4v) is 3.56. The quantitative estimate of drug-likeness (QED) is 0.661. The molecule has 0 aliphatic carbocycles. The molecule has 166 valence electrons. The number of ether oxygens (including phenoxy) is 2. The number of fused-ring (bicyclic) bond motifs is 1. The van der Waals surface area contributed by atoms with Gasteiger partial charge in [-0.25, -0.2) is 0 Å². The Hall–Kier alpha value is -2.83. The van der Waals surface area contributed by atoms with E-state index < -0.39 is 0 Å². The fourth-order valence-electron chi connectivity index (χ4n) is 3.56. The fraction of sp³-hybridized carbons (Fsp3) is 0.400. The highest BCUT2D eigenvalue weighted by Gasteiger charge is 2.25. The number of carbonyl (C=O) groups is 1. The molecule has 6 heteroatoms. The summed E-state index contributed by atoms with van der Waals surface area (Å²) in [5, 5.41) is 12.3. The van der Waals surface area contributed by atoms with Crippen LogP contribution in [0.15, 0.2) is 48.5 Å². The van der Waals surface area contributed by atoms with Crippen LogP contribution >= 0.6 is 0 Å². The molecule has 0 fully saturated rings. The Morgan fingerprint density at radius 2 is 2.00 bits per heavy atom. The maximum atomic E-state index is 12.4. The summed E-state index contributed by atoms with van der Waals surface area (Å²) in [6.45, 7) is 8.13. The van der Waals surface area contributed by atoms with E-state index in [-0.39, 0.29) is 24.0 Å². The molecular weight excluding hydrogens is 392 g/mol. The zero-order valence-electron chi connectivity index (χ0n) is 18.7. The number of aliphatic hydroxyl groups excluding tert-OH is 1. The van der Waals surface area contributed by atoms with Gasteiger partial charge in [-0.15, -0.1) is 0 Å². The van der Waals surface area contributed by atoms with Gasteiger partial charge in [0.1, 0.15) is 11.9 Å². The molecule has 2 N–H and O–H groups in total. The van der Waals surface area contributed by atoms with Gasteiger partial charge in [-0.1, -0.05) is 45.0 Å². The van der Waals surface area contributed by atoms with E-state index in [1.807, 2.05) is 35.2 Å². The van der Waals surface area contributed by atoms with Gasteiger partial charge in [0, 0.05) is 25.4 Å². The molecule has 0 saturated heterocycles. The summed E-state index contributed by atoms with van der Waals surface area (Å²) in [7, 11) is 1.64. The summed E-state index contributed by atoms with van der Waals surface area (Å²) >= 11 is 0. The highest BCUT2D eigenvalue weighted by atomic mass is 16.5. The van der Waals surface area contributed by atoms with Gasteiger partial charge in [0.05, 0.1) is 25.4 Å². The van der Waals surface area contributed by atoms with Gasteiger partial charge in [-0.3, -0.25) is 4.79 Å². The van der Waals surface area contributed by atoms with E-state index in [9.17, 15) is 9.90 Å². The van der Waals surface area contributed by atoms with E-state index in [1.54, 1.807) is 13.2 Å². The summed E-state index contributed by atoms with van der Waals surface area (Å²) in [6.07, 6.45) is 3.23. The summed E-state index contributed by atoms with van der Waals surface area (Å²) in [5.41, 5.74) is 3.85. The molecule has 31 heavy (non-hydrogen) atoms. The first-order valence-electron chi connectivity index (χ1n) is 10.5. The number of β-amino-alcohol motifs (C(OH)–C–C–N with tert-alkyl or cyclic N) is 1. The Morgan fingerprint density at radius 3 is 2.65 bits per heavy atom. The number of anilines is 2. The van der Waals surface area contributed by atoms with Crippen LogP contribution in [0.4, 0.5) is 11.4 Å². The van der Waals surface area contributed by atoms with Crippen LogP contribution in [0, 0.1) is 0 Å². The maximum Gasteiger partial charge on any atom is 0.248 e. The number of hydrogen-bond acceptors (Lipinski definition) is 5. The van der Waals surface area contributed by atoms with Crippen LogP contribution in [0.25, 0.3) is 6.08 Å². The molecule has 2 aromatic rings. The second-order valence-corrected chi connectivity index (χ2v) is 8.74. The van der Waals surface area contributed by atoms with Crippen molar-refractivity contribution in [2.45, 2.75) is 32.3 Å². The minimum atomic E-state index is -0.206. The molecule has 1 aliphatic rings. The van der Waals surface area contributed by atoms with E-state index in [0.29, 0.717) is 31.1 Å². The summed E-state index contributed by atoms with van der Waals surface area (Å²) < 4.78 is 11.2. The van der Waals surface area contributed by atoms with E-state index >= 15 is 0 Å². The molecule has 1 unspecified atom stereocenters. The van der Waals surface area contributed by atoms with Crippen LogP contribution in [-0.2, 0) is 14.9 Å². The molecule has 1 aliphatic heterocycles. The van der Waals surface area contributed by atoms with Crippen molar-refractivity contribution in [1.82, 2.24) is 0 Å². The molecule has 1 atom stereocenters. The van der Waals surface area contributed by atoms with Crippen molar-refractivity contribution in [3.05, 3.63) is 59.7 Å². The van der Waals surface area contributed by atoms with Gasteiger partial charge in [0.25, 0.3) is 0 Å². The van der Waals surface area contributed by atoms with Crippen LogP contribution in [0.2, 0.25) is 0 Å². The number of methoxy groups -OCH3 is 1. The highest BCUT2D eigenvalue weighted by molar-refractivity contribution is 6.02. The number of carbonyl (C=O) groups excluding carboxylic acids is 1. The predicted molar refractivity (Wildman–Crippen MR) is 125 cm³/mol. The van der Waals surface area contributed by atoms with Crippen LogP contribution in [0.3, 0.4) is 0 Å². The first-order valence-corrected chi connectivity index (χ1v) is 10.5. The third kappa shape index (κ3) is 6.09. The second kappa shape index (κ2) is 9.98. The van der Waals surface area contributed by atoms with Crippen molar-refractivity contribution in [3.63, 3.8) is 0 Å². The Balaban J connectivity index is 1.68. The molecular formula is C25H32N2O4. The minimum Gasteiger partial charge on any atom is -0.484 e. The Labute approximate surface area is 184 Å². The van der Waals surface area contributed by atoms with Crippen molar-refractivity contribution in [1.29, 1.82) is 0 Å². The normalized spacial score (nSPS) is 16.2. The smallest absolute Gasteiger partial charge is 0.248 e. The molecule has 1 amide bonds. The third-order valence-corrected chi connectivity index (χ3v) is 5.21. The lowest BCUT2D eigenvalue weighted by Gasteiger charge is -2.36. The zero-order valence-corrected chi connectivity index (χ0v) is 18.7. The summed E-state index contributed by atoms with van der Waals surface area (Å²) in [5.74, 6) is 0.511. The van der Waals surface area contributed by atoms with Crippen molar-refractivity contribution >= 4 is 23.4 Å². The third-order valence-electron chi connectivity index (χ3n) is 5.21. The number of hydrogen-bond donors (Lipinski definition) is 2.